The van der Waals surface area contributed by atoms with Crippen LogP contribution in [-0.2, 0) is 13.0 Å². The molecule has 0 atom stereocenters. The second kappa shape index (κ2) is 8.57. The van der Waals surface area contributed by atoms with Crippen molar-refractivity contribution in [2.75, 3.05) is 5.73 Å². The van der Waals surface area contributed by atoms with Crippen LogP contribution in [0.5, 0.6) is 0 Å². The first-order valence-corrected chi connectivity index (χ1v) is 10.4. The molecule has 6 nitrogen and oxygen atoms in total. The average molecular weight is 470 g/mol. The van der Waals surface area contributed by atoms with Crippen molar-refractivity contribution in [1.29, 1.82) is 0 Å². The van der Waals surface area contributed by atoms with Gasteiger partial charge >= 0.3 is 6.18 Å². The van der Waals surface area contributed by atoms with Gasteiger partial charge < -0.3 is 11.1 Å². The Labute approximate surface area is 185 Å². The summed E-state index contributed by atoms with van der Waals surface area (Å²) < 4.78 is 53.0. The molecule has 0 bridgehead atoms. The number of nitrogen functional groups attached to an aromatic ring is 1. The van der Waals surface area contributed by atoms with Crippen molar-refractivity contribution in [2.45, 2.75) is 50.6 Å². The number of carbonyl (C=O) groups excluding carboxylic acids is 1. The number of aromatic nitrogens is 3. The number of nitrogens with one attached hydrogen (secondary N) is 1. The summed E-state index contributed by atoms with van der Waals surface area (Å²) in [6.45, 7) is -0.813. The van der Waals surface area contributed by atoms with Gasteiger partial charge in [0.1, 0.15) is 5.69 Å². The second-order valence-electron chi connectivity index (χ2n) is 7.86. The molecule has 0 spiro atoms. The van der Waals surface area contributed by atoms with Crippen LogP contribution in [-0.4, -0.2) is 26.7 Å². The summed E-state index contributed by atoms with van der Waals surface area (Å²) in [5, 5.41) is 7.54. The number of carbonyl (C=O) groups is 1. The minimum atomic E-state index is -4.60. The summed E-state index contributed by atoms with van der Waals surface area (Å²) in [6.07, 6.45) is 0.660. The normalized spacial score (nSPS) is 19.3. The quantitative estimate of drug-likeness (QED) is 0.522. The van der Waals surface area contributed by atoms with Gasteiger partial charge in [-0.2, -0.15) is 18.3 Å². The van der Waals surface area contributed by atoms with Crippen molar-refractivity contribution < 1.29 is 22.4 Å². The van der Waals surface area contributed by atoms with E-state index in [-0.39, 0.29) is 34.6 Å². The summed E-state index contributed by atoms with van der Waals surface area (Å²) in [4.78, 5) is 16.1. The summed E-state index contributed by atoms with van der Waals surface area (Å²) >= 11 is 6.44. The van der Waals surface area contributed by atoms with Gasteiger partial charge in [0.2, 0.25) is 0 Å². The third-order valence-corrected chi connectivity index (χ3v) is 6.10. The van der Waals surface area contributed by atoms with E-state index in [2.05, 4.69) is 15.4 Å². The molecule has 1 aliphatic carbocycles. The van der Waals surface area contributed by atoms with E-state index < -0.39 is 18.7 Å². The molecule has 1 saturated carbocycles. The Morgan fingerprint density at radius 1 is 1.25 bits per heavy atom. The van der Waals surface area contributed by atoms with Crippen molar-refractivity contribution in [3.63, 3.8) is 0 Å². The van der Waals surface area contributed by atoms with Crippen molar-refractivity contribution in [2.24, 2.45) is 0 Å². The van der Waals surface area contributed by atoms with E-state index in [9.17, 15) is 22.4 Å². The fourth-order valence-corrected chi connectivity index (χ4v) is 4.56. The predicted octanol–water partition coefficient (Wildman–Crippen LogP) is 5.07. The molecular weight excluding hydrogens is 450 g/mol. The maximum atomic E-state index is 13.1. The molecule has 0 unspecified atom stereocenters. The minimum absolute atomic E-state index is 0.0138. The van der Waals surface area contributed by atoms with Crippen molar-refractivity contribution in [3.05, 3.63) is 52.4 Å². The molecule has 11 heteroatoms. The van der Waals surface area contributed by atoms with E-state index in [1.807, 2.05) is 0 Å². The zero-order valence-electron chi connectivity index (χ0n) is 16.8. The molecule has 1 aliphatic rings. The lowest BCUT2D eigenvalue weighted by molar-refractivity contribution is -0.140. The van der Waals surface area contributed by atoms with Crippen LogP contribution in [0.25, 0.3) is 10.9 Å². The van der Waals surface area contributed by atoms with Gasteiger partial charge in [0.05, 0.1) is 17.3 Å². The number of alkyl halides is 4. The zero-order chi connectivity index (χ0) is 23.0. The zero-order valence-corrected chi connectivity index (χ0v) is 17.5. The second-order valence-corrected chi connectivity index (χ2v) is 8.27. The van der Waals surface area contributed by atoms with E-state index >= 15 is 0 Å². The Morgan fingerprint density at radius 2 is 1.97 bits per heavy atom. The van der Waals surface area contributed by atoms with Crippen LogP contribution in [0, 0.1) is 0 Å². The largest absolute Gasteiger partial charge is 0.433 e. The van der Waals surface area contributed by atoms with Crippen molar-refractivity contribution >= 4 is 34.1 Å². The average Bonchev–Trinajstić information content (AvgIpc) is 3.23. The summed E-state index contributed by atoms with van der Waals surface area (Å²) in [5.74, 6) is -0.362. The Hall–Kier alpha value is -2.88. The number of rotatable bonds is 4. The topological polar surface area (TPSA) is 85.8 Å². The number of pyridine rings is 1. The van der Waals surface area contributed by atoms with Crippen LogP contribution in [0.3, 0.4) is 0 Å². The van der Waals surface area contributed by atoms with Crippen LogP contribution in [0.1, 0.15) is 53.2 Å². The van der Waals surface area contributed by atoms with Crippen molar-refractivity contribution in [1.82, 2.24) is 20.1 Å². The van der Waals surface area contributed by atoms with Gasteiger partial charge in [-0.25, -0.2) is 14.1 Å². The van der Waals surface area contributed by atoms with Gasteiger partial charge in [0.15, 0.2) is 6.80 Å². The third kappa shape index (κ3) is 4.36. The molecule has 1 fully saturated rings. The molecule has 170 valence electrons. The molecule has 32 heavy (non-hydrogen) atoms. The van der Waals surface area contributed by atoms with E-state index in [1.165, 1.54) is 18.5 Å². The summed E-state index contributed by atoms with van der Waals surface area (Å²) in [7, 11) is 0. The number of benzene rings is 1. The maximum absolute atomic E-state index is 13.1. The Bertz CT molecular complexity index is 1160. The molecule has 1 amide bonds. The molecule has 4 rings (SSSR count). The van der Waals surface area contributed by atoms with Crippen LogP contribution in [0.4, 0.5) is 23.2 Å². The molecule has 2 aromatic heterocycles. The molecule has 0 aliphatic heterocycles. The van der Waals surface area contributed by atoms with Crippen LogP contribution in [0.2, 0.25) is 5.02 Å². The van der Waals surface area contributed by atoms with E-state index in [1.54, 1.807) is 6.07 Å². The number of nitrogens with two attached hydrogens (primary N) is 1. The van der Waals surface area contributed by atoms with E-state index in [4.69, 9.17) is 17.3 Å². The standard InChI is InChI=1S/C21H20ClF4N5O/c22-14-5-6-16-19(15(27)7-17(30-16)21(24,25)26)18(14)11-1-3-13(4-2-11)29-20(32)12-8-28-31(9-12)10-23/h5-9,11,13H,1-4,10H2,(H2,27,30)(H,29,32). The number of anilines is 1. The fraction of sp³-hybridized carbons (Fsp3) is 0.381. The van der Waals surface area contributed by atoms with Gasteiger partial charge in [-0.05, 0) is 55.4 Å². The number of fused-ring (bicyclic) bond motifs is 1. The number of hydrogen-bond donors (Lipinski definition) is 2. The van der Waals surface area contributed by atoms with E-state index in [0.29, 0.717) is 41.7 Å². The number of nitrogens with zero attached hydrogens (tertiary/aromatic N) is 3. The molecule has 2 heterocycles. The van der Waals surface area contributed by atoms with Gasteiger partial charge in [-0.1, -0.05) is 11.6 Å². The number of halogens is 5. The molecule has 0 radical (unpaired) electrons. The van der Waals surface area contributed by atoms with Gasteiger partial charge in [0, 0.05) is 28.3 Å². The van der Waals surface area contributed by atoms with E-state index in [0.717, 1.165) is 10.7 Å². The lowest BCUT2D eigenvalue weighted by Crippen LogP contribution is -2.37. The lowest BCUT2D eigenvalue weighted by Gasteiger charge is -2.30. The predicted molar refractivity (Wildman–Crippen MR) is 112 cm³/mol. The first-order valence-electron chi connectivity index (χ1n) is 10.0. The summed E-state index contributed by atoms with van der Waals surface area (Å²) in [5.41, 5.74) is 6.07. The number of hydrogen-bond acceptors (Lipinski definition) is 4. The molecular formula is C21H20ClF4N5O. The molecule has 1 aromatic carbocycles. The minimum Gasteiger partial charge on any atom is -0.398 e. The third-order valence-electron chi connectivity index (χ3n) is 5.77. The highest BCUT2D eigenvalue weighted by atomic mass is 35.5. The first-order chi connectivity index (χ1) is 15.2. The lowest BCUT2D eigenvalue weighted by atomic mass is 9.80. The smallest absolute Gasteiger partial charge is 0.398 e. The molecule has 3 aromatic rings. The van der Waals surface area contributed by atoms with Crippen LogP contribution >= 0.6 is 11.6 Å². The van der Waals surface area contributed by atoms with Gasteiger partial charge in [-0.3, -0.25) is 4.79 Å². The fourth-order valence-electron chi connectivity index (χ4n) is 4.25. The SMILES string of the molecule is Nc1cc(C(F)(F)F)nc2ccc(Cl)c(C3CCC(NC(=O)c4cnn(CF)c4)CC3)c12. The molecule has 3 N–H and O–H groups in total. The van der Waals surface area contributed by atoms with Crippen molar-refractivity contribution in [3.8, 4) is 0 Å². The highest BCUT2D eigenvalue weighted by molar-refractivity contribution is 6.32. The van der Waals surface area contributed by atoms with Gasteiger partial charge in [-0.15, -0.1) is 0 Å². The number of amides is 1. The van der Waals surface area contributed by atoms with Crippen LogP contribution in [0.15, 0.2) is 30.6 Å². The summed E-state index contributed by atoms with van der Waals surface area (Å²) in [6, 6.07) is 3.73. The van der Waals surface area contributed by atoms with Crippen LogP contribution < -0.4 is 11.1 Å². The monoisotopic (exact) mass is 469 g/mol. The van der Waals surface area contributed by atoms with Gasteiger partial charge in [0.25, 0.3) is 5.91 Å². The highest BCUT2D eigenvalue weighted by Gasteiger charge is 2.34. The Kier molecular flexibility index (Phi) is 5.98. The Morgan fingerprint density at radius 3 is 2.59 bits per heavy atom. The first kappa shape index (κ1) is 22.3. The molecule has 0 saturated heterocycles. The Balaban J connectivity index is 1.52. The maximum Gasteiger partial charge on any atom is 0.433 e. The highest BCUT2D eigenvalue weighted by Crippen LogP contribution is 2.43.